The predicted molar refractivity (Wildman–Crippen MR) is 130 cm³/mol. The van der Waals surface area contributed by atoms with Gasteiger partial charge in [0.25, 0.3) is 5.91 Å². The Hall–Kier alpha value is -4.02. The zero-order valence-electron chi connectivity index (χ0n) is 20.5. The van der Waals surface area contributed by atoms with E-state index in [0.717, 1.165) is 11.4 Å². The van der Waals surface area contributed by atoms with E-state index < -0.39 is 6.36 Å². The number of imidazole rings is 1. The number of carbonyl (C=O) groups is 2. The van der Waals surface area contributed by atoms with E-state index in [-0.39, 0.29) is 36.1 Å². The molecule has 0 N–H and O–H groups in total. The van der Waals surface area contributed by atoms with Crippen molar-refractivity contribution in [2.75, 3.05) is 38.2 Å². The fourth-order valence-corrected chi connectivity index (χ4v) is 4.22. The highest BCUT2D eigenvalue weighted by Gasteiger charge is 2.31. The molecule has 1 aliphatic heterocycles. The summed E-state index contributed by atoms with van der Waals surface area (Å²) in [5, 5.41) is 0. The third-order valence-corrected chi connectivity index (χ3v) is 6.06. The maximum absolute atomic E-state index is 13.1. The lowest BCUT2D eigenvalue weighted by Crippen LogP contribution is -2.49. The van der Waals surface area contributed by atoms with Crippen molar-refractivity contribution in [1.29, 1.82) is 0 Å². The van der Waals surface area contributed by atoms with Gasteiger partial charge in [-0.1, -0.05) is 12.1 Å². The molecule has 2 aromatic carbocycles. The Balaban J connectivity index is 1.31. The van der Waals surface area contributed by atoms with Crippen molar-refractivity contribution in [3.05, 3.63) is 71.8 Å². The minimum absolute atomic E-state index is 0.00711. The topological polar surface area (TPSA) is 76.9 Å². The number of anilines is 1. The van der Waals surface area contributed by atoms with Crippen LogP contribution in [-0.4, -0.2) is 65.8 Å². The Labute approximate surface area is 212 Å². The highest BCUT2D eigenvalue weighted by atomic mass is 19.4. The van der Waals surface area contributed by atoms with Gasteiger partial charge in [0.1, 0.15) is 17.3 Å². The van der Waals surface area contributed by atoms with E-state index in [1.54, 1.807) is 29.8 Å². The number of methoxy groups -OCH3 is 1. The number of ketones is 1. The van der Waals surface area contributed by atoms with Gasteiger partial charge >= 0.3 is 6.36 Å². The molecule has 37 heavy (non-hydrogen) atoms. The first-order chi connectivity index (χ1) is 17.6. The summed E-state index contributed by atoms with van der Waals surface area (Å²) in [7, 11) is 3.33. The van der Waals surface area contributed by atoms with E-state index in [0.29, 0.717) is 37.4 Å². The fourth-order valence-electron chi connectivity index (χ4n) is 4.22. The molecule has 1 aliphatic rings. The molecule has 1 amide bonds. The van der Waals surface area contributed by atoms with Crippen molar-refractivity contribution in [2.45, 2.75) is 19.2 Å². The van der Waals surface area contributed by atoms with Crippen LogP contribution in [0.15, 0.2) is 54.7 Å². The number of nitrogens with zero attached hydrogens (tertiary/aromatic N) is 4. The summed E-state index contributed by atoms with van der Waals surface area (Å²) < 4.78 is 47.5. The summed E-state index contributed by atoms with van der Waals surface area (Å²) in [5.41, 5.74) is 2.08. The van der Waals surface area contributed by atoms with Gasteiger partial charge in [-0.25, -0.2) is 4.98 Å². The van der Waals surface area contributed by atoms with Crippen molar-refractivity contribution < 1.29 is 32.2 Å². The Morgan fingerprint density at radius 1 is 0.919 bits per heavy atom. The largest absolute Gasteiger partial charge is 0.573 e. The molecular weight excluding hydrogens is 489 g/mol. The minimum atomic E-state index is -4.77. The van der Waals surface area contributed by atoms with E-state index in [9.17, 15) is 22.8 Å². The van der Waals surface area contributed by atoms with Crippen LogP contribution >= 0.6 is 0 Å². The number of aromatic nitrogens is 2. The highest BCUT2D eigenvalue weighted by Crippen LogP contribution is 2.23. The summed E-state index contributed by atoms with van der Waals surface area (Å²) in [6.07, 6.45) is -3.08. The third-order valence-electron chi connectivity index (χ3n) is 6.06. The Morgan fingerprint density at radius 3 is 2.14 bits per heavy atom. The van der Waals surface area contributed by atoms with Crippen molar-refractivity contribution in [3.63, 3.8) is 0 Å². The molecule has 0 unspecified atom stereocenters. The molecule has 1 fully saturated rings. The van der Waals surface area contributed by atoms with Crippen molar-refractivity contribution in [2.24, 2.45) is 7.05 Å². The van der Waals surface area contributed by atoms with Gasteiger partial charge in [-0.05, 0) is 42.0 Å². The zero-order valence-corrected chi connectivity index (χ0v) is 20.5. The smallest absolute Gasteiger partial charge is 0.497 e. The number of rotatable bonds is 8. The average molecular weight is 517 g/mol. The summed E-state index contributed by atoms with van der Waals surface area (Å²) >= 11 is 0. The number of aryl methyl sites for hydroxylation is 1. The summed E-state index contributed by atoms with van der Waals surface area (Å²) in [4.78, 5) is 34.0. The molecule has 0 saturated carbocycles. The lowest BCUT2D eigenvalue weighted by Gasteiger charge is -2.36. The van der Waals surface area contributed by atoms with Gasteiger partial charge in [0.05, 0.1) is 19.2 Å². The van der Waals surface area contributed by atoms with Crippen molar-refractivity contribution in [1.82, 2.24) is 14.5 Å². The van der Waals surface area contributed by atoms with Crippen LogP contribution < -0.4 is 14.4 Å². The number of carbonyl (C=O) groups excluding carboxylic acids is 2. The molecule has 1 aromatic heterocycles. The molecule has 1 saturated heterocycles. The second kappa shape index (κ2) is 10.9. The molecule has 0 aliphatic carbocycles. The first-order valence-corrected chi connectivity index (χ1v) is 11.7. The first-order valence-electron chi connectivity index (χ1n) is 11.7. The standard InChI is InChI=1S/C26H27F3N4O4/c1-31-17-19(16-21(34)15-18-3-7-23(8-4-18)37-26(27,28)29)30-24(31)25(35)33-13-11-32(12-14-33)20-5-9-22(36-2)10-6-20/h3-10,17H,11-16H2,1-2H3. The number of alkyl halides is 3. The Kier molecular flexibility index (Phi) is 7.70. The van der Waals surface area contributed by atoms with Crippen molar-refractivity contribution >= 4 is 17.4 Å². The van der Waals surface area contributed by atoms with Crippen LogP contribution in [0, 0.1) is 0 Å². The number of ether oxygens (including phenoxy) is 2. The number of hydrogen-bond acceptors (Lipinski definition) is 6. The van der Waals surface area contributed by atoms with Crippen molar-refractivity contribution in [3.8, 4) is 11.5 Å². The fraction of sp³-hybridized carbons (Fsp3) is 0.346. The number of halogens is 3. The maximum atomic E-state index is 13.1. The van der Waals surface area contributed by atoms with Gasteiger partial charge < -0.3 is 23.8 Å². The van der Waals surface area contributed by atoms with Crippen LogP contribution in [0.5, 0.6) is 11.5 Å². The van der Waals surface area contributed by atoms with Crippen LogP contribution in [0.25, 0.3) is 0 Å². The average Bonchev–Trinajstić information content (AvgIpc) is 3.23. The highest BCUT2D eigenvalue weighted by molar-refractivity contribution is 5.91. The summed E-state index contributed by atoms with van der Waals surface area (Å²) in [6, 6.07) is 13.0. The Morgan fingerprint density at radius 2 is 1.54 bits per heavy atom. The van der Waals surface area contributed by atoms with Gasteiger partial charge in [0.15, 0.2) is 5.82 Å². The molecule has 4 rings (SSSR count). The summed E-state index contributed by atoms with van der Waals surface area (Å²) in [6.45, 7) is 2.45. The van der Waals surface area contributed by atoms with Crippen LogP contribution in [0.1, 0.15) is 21.9 Å². The third kappa shape index (κ3) is 6.81. The molecule has 0 atom stereocenters. The monoisotopic (exact) mass is 516 g/mol. The van der Waals surface area contributed by atoms with E-state index in [1.807, 2.05) is 24.3 Å². The molecule has 11 heteroatoms. The maximum Gasteiger partial charge on any atom is 0.573 e. The predicted octanol–water partition coefficient (Wildman–Crippen LogP) is 3.64. The molecule has 0 radical (unpaired) electrons. The second-order valence-corrected chi connectivity index (χ2v) is 8.73. The normalized spacial score (nSPS) is 14.0. The zero-order chi connectivity index (χ0) is 26.6. The van der Waals surface area contributed by atoms with Gasteiger partial charge in [-0.15, -0.1) is 13.2 Å². The number of piperazine rings is 1. The molecule has 8 nitrogen and oxygen atoms in total. The molecule has 0 spiro atoms. The first kappa shape index (κ1) is 26.1. The molecule has 0 bridgehead atoms. The Bertz CT molecular complexity index is 1230. The molecule has 3 aromatic rings. The van der Waals surface area contributed by atoms with Crippen LogP contribution in [0.2, 0.25) is 0 Å². The molecule has 196 valence electrons. The van der Waals surface area contributed by atoms with E-state index in [4.69, 9.17) is 4.74 Å². The number of amides is 1. The van der Waals surface area contributed by atoms with Crippen LogP contribution in [0.4, 0.5) is 18.9 Å². The SMILES string of the molecule is COc1ccc(N2CCN(C(=O)c3nc(CC(=O)Cc4ccc(OC(F)(F)F)cc4)cn3C)CC2)cc1. The number of benzene rings is 2. The van der Waals surface area contributed by atoms with Gasteiger partial charge in [-0.2, -0.15) is 0 Å². The van der Waals surface area contributed by atoms with Gasteiger partial charge in [-0.3, -0.25) is 9.59 Å². The number of Topliss-reactive ketones (excluding diaryl/α,β-unsaturated/α-hetero) is 1. The van der Waals surface area contributed by atoms with Gasteiger partial charge in [0.2, 0.25) is 0 Å². The summed E-state index contributed by atoms with van der Waals surface area (Å²) in [5.74, 6) is 0.330. The molecular formula is C26H27F3N4O4. The van der Waals surface area contributed by atoms with E-state index >= 15 is 0 Å². The second-order valence-electron chi connectivity index (χ2n) is 8.73. The van der Waals surface area contributed by atoms with E-state index in [1.165, 1.54) is 24.3 Å². The lowest BCUT2D eigenvalue weighted by molar-refractivity contribution is -0.274. The van der Waals surface area contributed by atoms with Crippen LogP contribution in [-0.2, 0) is 24.7 Å². The van der Waals surface area contributed by atoms with E-state index in [2.05, 4.69) is 14.6 Å². The minimum Gasteiger partial charge on any atom is -0.497 e. The number of hydrogen-bond donors (Lipinski definition) is 0. The van der Waals surface area contributed by atoms with Crippen LogP contribution in [0.3, 0.4) is 0 Å². The van der Waals surface area contributed by atoms with Gasteiger partial charge in [0, 0.05) is 51.5 Å². The quantitative estimate of drug-likeness (QED) is 0.455. The molecule has 2 heterocycles. The lowest BCUT2D eigenvalue weighted by atomic mass is 10.1.